The summed E-state index contributed by atoms with van der Waals surface area (Å²) in [6.07, 6.45) is 1.87. The number of benzene rings is 1. The maximum atomic E-state index is 12.4. The molecule has 0 aliphatic carbocycles. The number of hydrogen-bond donors (Lipinski definition) is 1. The van der Waals surface area contributed by atoms with E-state index in [1.165, 1.54) is 24.0 Å². The molecular formula is C19H22N4O4S. The van der Waals surface area contributed by atoms with Crippen LogP contribution in [0.15, 0.2) is 29.8 Å². The average molecular weight is 402 g/mol. The molecule has 2 heterocycles. The molecule has 0 saturated carbocycles. The number of rotatable bonds is 7. The second-order valence-corrected chi connectivity index (χ2v) is 7.47. The third kappa shape index (κ3) is 5.13. The summed E-state index contributed by atoms with van der Waals surface area (Å²) in [5.74, 6) is -0.336. The van der Waals surface area contributed by atoms with Crippen LogP contribution in [0.4, 0.5) is 5.13 Å². The monoisotopic (exact) mass is 402 g/mol. The van der Waals surface area contributed by atoms with Crippen LogP contribution < -0.4 is 5.32 Å². The van der Waals surface area contributed by atoms with Gasteiger partial charge in [-0.1, -0.05) is 29.5 Å². The van der Waals surface area contributed by atoms with Crippen molar-refractivity contribution in [1.29, 1.82) is 0 Å². The van der Waals surface area contributed by atoms with Gasteiger partial charge in [0.2, 0.25) is 16.9 Å². The first-order chi connectivity index (χ1) is 13.6. The highest BCUT2D eigenvalue weighted by Crippen LogP contribution is 2.24. The van der Waals surface area contributed by atoms with Gasteiger partial charge in [-0.05, 0) is 30.4 Å². The van der Waals surface area contributed by atoms with Crippen LogP contribution in [0, 0.1) is 5.92 Å². The zero-order valence-corrected chi connectivity index (χ0v) is 16.4. The highest BCUT2D eigenvalue weighted by atomic mass is 32.1. The van der Waals surface area contributed by atoms with Gasteiger partial charge in [0, 0.05) is 25.9 Å². The molecule has 1 aliphatic rings. The van der Waals surface area contributed by atoms with Crippen LogP contribution in [0.3, 0.4) is 0 Å². The molecule has 1 aliphatic heterocycles. The van der Waals surface area contributed by atoms with Crippen molar-refractivity contribution in [1.82, 2.24) is 15.1 Å². The van der Waals surface area contributed by atoms with Crippen molar-refractivity contribution in [2.45, 2.75) is 25.7 Å². The molecule has 3 rings (SSSR count). The zero-order chi connectivity index (χ0) is 19.9. The van der Waals surface area contributed by atoms with Crippen molar-refractivity contribution in [3.63, 3.8) is 0 Å². The van der Waals surface area contributed by atoms with E-state index in [1.807, 2.05) is 18.2 Å². The number of nitrogens with one attached hydrogen (secondary N) is 1. The highest BCUT2D eigenvalue weighted by Gasteiger charge is 2.27. The number of hydrogen-bond acceptors (Lipinski definition) is 7. The Labute approximate surface area is 166 Å². The largest absolute Gasteiger partial charge is 0.465 e. The molecule has 1 N–H and O–H groups in total. The summed E-state index contributed by atoms with van der Waals surface area (Å²) in [4.78, 5) is 38.0. The molecule has 0 radical (unpaired) electrons. The van der Waals surface area contributed by atoms with Crippen LogP contribution in [0.2, 0.25) is 0 Å². The van der Waals surface area contributed by atoms with Crippen molar-refractivity contribution < 1.29 is 19.1 Å². The molecule has 2 aromatic rings. The summed E-state index contributed by atoms with van der Waals surface area (Å²) in [7, 11) is 1.37. The van der Waals surface area contributed by atoms with Gasteiger partial charge in [-0.25, -0.2) is 4.79 Å². The number of esters is 1. The van der Waals surface area contributed by atoms with Gasteiger partial charge in [0.05, 0.1) is 12.7 Å². The Morgan fingerprint density at radius 2 is 2.11 bits per heavy atom. The smallest absolute Gasteiger partial charge is 0.338 e. The fourth-order valence-electron chi connectivity index (χ4n) is 3.33. The Morgan fingerprint density at radius 1 is 1.29 bits per heavy atom. The second kappa shape index (κ2) is 9.41. The number of ether oxygens (including phenoxy) is 1. The Kier molecular flexibility index (Phi) is 6.70. The first-order valence-corrected chi connectivity index (χ1v) is 9.94. The van der Waals surface area contributed by atoms with E-state index < -0.39 is 0 Å². The topological polar surface area (TPSA) is 101 Å². The van der Waals surface area contributed by atoms with E-state index in [2.05, 4.69) is 15.5 Å². The number of amides is 2. The van der Waals surface area contributed by atoms with Crippen LogP contribution in [-0.4, -0.2) is 53.1 Å². The SMILES string of the molecule is COC(=O)c1ccccc1CC1CCN(C(=O)CCC(=O)Nc2nncs2)C1. The van der Waals surface area contributed by atoms with E-state index in [9.17, 15) is 14.4 Å². The molecule has 1 fully saturated rings. The lowest BCUT2D eigenvalue weighted by molar-refractivity contribution is -0.132. The number of carbonyl (C=O) groups excluding carboxylic acids is 3. The lowest BCUT2D eigenvalue weighted by Crippen LogP contribution is -2.29. The predicted octanol–water partition coefficient (Wildman–Crippen LogP) is 2.13. The number of methoxy groups -OCH3 is 1. The summed E-state index contributed by atoms with van der Waals surface area (Å²) < 4.78 is 4.84. The second-order valence-electron chi connectivity index (χ2n) is 6.64. The molecule has 0 bridgehead atoms. The summed E-state index contributed by atoms with van der Waals surface area (Å²) in [6, 6.07) is 7.40. The zero-order valence-electron chi connectivity index (χ0n) is 15.6. The van der Waals surface area contributed by atoms with E-state index in [-0.39, 0.29) is 36.5 Å². The standard InChI is InChI=1S/C19H22N4O4S/c1-27-18(26)15-5-3-2-4-14(15)10-13-8-9-23(11-13)17(25)7-6-16(24)21-19-22-20-12-28-19/h2-5,12-13H,6-11H2,1H3,(H,21,22,24). The minimum Gasteiger partial charge on any atom is -0.465 e. The van der Waals surface area contributed by atoms with Gasteiger partial charge < -0.3 is 15.0 Å². The Hall–Kier alpha value is -2.81. The average Bonchev–Trinajstić information content (AvgIpc) is 3.38. The number of likely N-dealkylation sites (tertiary alicyclic amines) is 1. The normalized spacial score (nSPS) is 16.0. The van der Waals surface area contributed by atoms with Crippen molar-refractivity contribution >= 4 is 34.3 Å². The molecule has 0 spiro atoms. The summed E-state index contributed by atoms with van der Waals surface area (Å²) in [6.45, 7) is 1.30. The van der Waals surface area contributed by atoms with Crippen LogP contribution in [0.1, 0.15) is 35.2 Å². The molecule has 1 aromatic heterocycles. The summed E-state index contributed by atoms with van der Waals surface area (Å²) in [5, 5.41) is 10.4. The van der Waals surface area contributed by atoms with Crippen LogP contribution in [0.25, 0.3) is 0 Å². The fourth-order valence-corrected chi connectivity index (χ4v) is 3.79. The first kappa shape index (κ1) is 19.9. The van der Waals surface area contributed by atoms with Gasteiger partial charge in [0.15, 0.2) is 0 Å². The molecule has 2 amide bonds. The number of aromatic nitrogens is 2. The van der Waals surface area contributed by atoms with E-state index >= 15 is 0 Å². The maximum absolute atomic E-state index is 12.4. The molecule has 8 nitrogen and oxygen atoms in total. The molecular weight excluding hydrogens is 380 g/mol. The van der Waals surface area contributed by atoms with E-state index in [0.29, 0.717) is 30.2 Å². The van der Waals surface area contributed by atoms with Gasteiger partial charge in [-0.2, -0.15) is 0 Å². The Bertz CT molecular complexity index is 840. The number of nitrogens with zero attached hydrogens (tertiary/aromatic N) is 3. The van der Waals surface area contributed by atoms with Gasteiger partial charge in [0.1, 0.15) is 5.51 Å². The predicted molar refractivity (Wildman–Crippen MR) is 104 cm³/mol. The molecule has 28 heavy (non-hydrogen) atoms. The lowest BCUT2D eigenvalue weighted by atomic mass is 9.95. The van der Waals surface area contributed by atoms with Crippen molar-refractivity contribution in [2.24, 2.45) is 5.92 Å². The van der Waals surface area contributed by atoms with Gasteiger partial charge in [-0.15, -0.1) is 10.2 Å². The Morgan fingerprint density at radius 3 is 2.86 bits per heavy atom. The maximum Gasteiger partial charge on any atom is 0.338 e. The van der Waals surface area contributed by atoms with Crippen molar-refractivity contribution in [3.05, 3.63) is 40.9 Å². The van der Waals surface area contributed by atoms with Crippen LogP contribution in [-0.2, 0) is 20.7 Å². The fraction of sp³-hybridized carbons (Fsp3) is 0.421. The third-order valence-corrected chi connectivity index (χ3v) is 5.35. The van der Waals surface area contributed by atoms with Gasteiger partial charge in [0.25, 0.3) is 0 Å². The Balaban J connectivity index is 1.48. The molecule has 1 unspecified atom stereocenters. The quantitative estimate of drug-likeness (QED) is 0.712. The molecule has 1 saturated heterocycles. The van der Waals surface area contributed by atoms with Gasteiger partial charge in [-0.3, -0.25) is 9.59 Å². The van der Waals surface area contributed by atoms with Crippen LogP contribution >= 0.6 is 11.3 Å². The first-order valence-electron chi connectivity index (χ1n) is 9.07. The van der Waals surface area contributed by atoms with E-state index in [0.717, 1.165) is 12.0 Å². The number of anilines is 1. The van der Waals surface area contributed by atoms with Crippen molar-refractivity contribution in [3.8, 4) is 0 Å². The summed E-state index contributed by atoms with van der Waals surface area (Å²) in [5.41, 5.74) is 3.04. The lowest BCUT2D eigenvalue weighted by Gasteiger charge is -2.17. The highest BCUT2D eigenvalue weighted by molar-refractivity contribution is 7.13. The third-order valence-electron chi connectivity index (χ3n) is 4.74. The number of carbonyl (C=O) groups is 3. The van der Waals surface area contributed by atoms with Crippen molar-refractivity contribution in [2.75, 3.05) is 25.5 Å². The molecule has 148 valence electrons. The summed E-state index contributed by atoms with van der Waals surface area (Å²) >= 11 is 1.23. The minimum atomic E-state index is -0.344. The molecule has 1 aromatic carbocycles. The van der Waals surface area contributed by atoms with E-state index in [4.69, 9.17) is 4.74 Å². The van der Waals surface area contributed by atoms with Gasteiger partial charge >= 0.3 is 5.97 Å². The van der Waals surface area contributed by atoms with Crippen LogP contribution in [0.5, 0.6) is 0 Å². The molecule has 1 atom stereocenters. The minimum absolute atomic E-state index is 0.0313. The van der Waals surface area contributed by atoms with E-state index in [1.54, 1.807) is 11.0 Å². The molecule has 9 heteroatoms.